The Labute approximate surface area is 176 Å². The van der Waals surface area contributed by atoms with Crippen LogP contribution < -0.4 is 5.32 Å². The van der Waals surface area contributed by atoms with Gasteiger partial charge < -0.3 is 10.2 Å². The van der Waals surface area contributed by atoms with Crippen LogP contribution in [0.3, 0.4) is 0 Å². The van der Waals surface area contributed by atoms with Crippen molar-refractivity contribution < 1.29 is 8.42 Å². The first-order chi connectivity index (χ1) is 12.1. The maximum atomic E-state index is 11.7. The number of aliphatic imine (C=N–C) groups is 1. The molecule has 8 heteroatoms. The van der Waals surface area contributed by atoms with Gasteiger partial charge in [0.1, 0.15) is 0 Å². The number of hydrogen-bond donors (Lipinski definition) is 1. The highest BCUT2D eigenvalue weighted by Crippen LogP contribution is 2.21. The van der Waals surface area contributed by atoms with Crippen LogP contribution in [0.1, 0.15) is 45.4 Å². The molecule has 2 unspecified atom stereocenters. The molecular formula is C18H35IN4O2S. The molecule has 2 atom stereocenters. The van der Waals surface area contributed by atoms with E-state index in [2.05, 4.69) is 22.0 Å². The minimum absolute atomic E-state index is 0. The Morgan fingerprint density at radius 2 is 1.92 bits per heavy atom. The largest absolute Gasteiger partial charge is 0.356 e. The van der Waals surface area contributed by atoms with Crippen molar-refractivity contribution in [1.82, 2.24) is 15.1 Å². The van der Waals surface area contributed by atoms with E-state index in [9.17, 15) is 8.42 Å². The van der Waals surface area contributed by atoms with Crippen LogP contribution in [0, 0.1) is 5.92 Å². The molecule has 3 saturated heterocycles. The van der Waals surface area contributed by atoms with Crippen LogP contribution in [0.5, 0.6) is 0 Å². The second-order valence-electron chi connectivity index (χ2n) is 7.85. The van der Waals surface area contributed by atoms with Crippen molar-refractivity contribution in [3.63, 3.8) is 0 Å². The smallest absolute Gasteiger partial charge is 0.193 e. The minimum atomic E-state index is -2.81. The van der Waals surface area contributed by atoms with E-state index >= 15 is 0 Å². The molecule has 6 nitrogen and oxygen atoms in total. The summed E-state index contributed by atoms with van der Waals surface area (Å²) in [7, 11) is -2.81. The molecule has 3 aliphatic rings. The van der Waals surface area contributed by atoms with Crippen LogP contribution in [0.2, 0.25) is 0 Å². The molecule has 0 aromatic carbocycles. The highest BCUT2D eigenvalue weighted by Gasteiger charge is 2.31. The van der Waals surface area contributed by atoms with Crippen molar-refractivity contribution in [3.05, 3.63) is 0 Å². The standard InChI is InChI=1S/C18H34N4O2S.HI/c1-2-8-19-18(20-13-16-7-12-25(23,24)15-16)22-11-6-17(14-22)21-9-4-3-5-10-21;/h16-17H,2-15H2,1H3,(H,19,20);1H. The van der Waals surface area contributed by atoms with E-state index in [1.54, 1.807) is 0 Å². The van der Waals surface area contributed by atoms with Crippen LogP contribution in [0.25, 0.3) is 0 Å². The molecule has 0 aliphatic carbocycles. The molecule has 0 spiro atoms. The fraction of sp³-hybridized carbons (Fsp3) is 0.944. The van der Waals surface area contributed by atoms with Gasteiger partial charge in [0, 0.05) is 32.2 Å². The lowest BCUT2D eigenvalue weighted by Crippen LogP contribution is -2.45. The number of nitrogens with zero attached hydrogens (tertiary/aromatic N) is 3. The first-order valence-electron chi connectivity index (χ1n) is 10.0. The molecule has 0 bridgehead atoms. The number of halogens is 1. The fourth-order valence-corrected chi connectivity index (χ4v) is 6.10. The molecule has 0 radical (unpaired) electrons. The van der Waals surface area contributed by atoms with Crippen LogP contribution in [-0.4, -0.2) is 81.0 Å². The van der Waals surface area contributed by atoms with Gasteiger partial charge in [0.15, 0.2) is 15.8 Å². The number of guanidine groups is 1. The van der Waals surface area contributed by atoms with Gasteiger partial charge in [0.05, 0.1) is 11.5 Å². The lowest BCUT2D eigenvalue weighted by molar-refractivity contribution is 0.168. The Bertz CT molecular complexity index is 564. The topological polar surface area (TPSA) is 65.0 Å². The van der Waals surface area contributed by atoms with E-state index in [4.69, 9.17) is 4.99 Å². The summed E-state index contributed by atoms with van der Waals surface area (Å²) in [4.78, 5) is 9.86. The van der Waals surface area contributed by atoms with Gasteiger partial charge in [-0.3, -0.25) is 9.89 Å². The van der Waals surface area contributed by atoms with Gasteiger partial charge >= 0.3 is 0 Å². The van der Waals surface area contributed by atoms with Gasteiger partial charge in [0.25, 0.3) is 0 Å². The molecule has 3 fully saturated rings. The van der Waals surface area contributed by atoms with E-state index < -0.39 is 9.84 Å². The third-order valence-corrected chi connectivity index (χ3v) is 7.57. The van der Waals surface area contributed by atoms with Crippen LogP contribution >= 0.6 is 24.0 Å². The summed E-state index contributed by atoms with van der Waals surface area (Å²) in [5.41, 5.74) is 0. The summed E-state index contributed by atoms with van der Waals surface area (Å²) in [6.07, 6.45) is 7.10. The van der Waals surface area contributed by atoms with Crippen LogP contribution in [0.4, 0.5) is 0 Å². The zero-order valence-electron chi connectivity index (χ0n) is 16.0. The normalized spacial score (nSPS) is 29.6. The van der Waals surface area contributed by atoms with Crippen LogP contribution in [0.15, 0.2) is 4.99 Å². The van der Waals surface area contributed by atoms with E-state index in [0.29, 0.717) is 24.1 Å². The number of sulfone groups is 1. The average Bonchev–Trinajstić information content (AvgIpc) is 3.22. The summed E-state index contributed by atoms with van der Waals surface area (Å²) in [6, 6.07) is 0.654. The van der Waals surface area contributed by atoms with Gasteiger partial charge in [-0.05, 0) is 51.1 Å². The Morgan fingerprint density at radius 1 is 1.15 bits per heavy atom. The van der Waals surface area contributed by atoms with Crippen molar-refractivity contribution in [2.75, 3.05) is 50.8 Å². The summed E-state index contributed by atoms with van der Waals surface area (Å²) in [5.74, 6) is 1.84. The van der Waals surface area contributed by atoms with Gasteiger partial charge in [-0.25, -0.2) is 8.42 Å². The van der Waals surface area contributed by atoms with Crippen LogP contribution in [-0.2, 0) is 9.84 Å². The van der Waals surface area contributed by atoms with Gasteiger partial charge in [-0.1, -0.05) is 13.3 Å². The van der Waals surface area contributed by atoms with Crippen molar-refractivity contribution in [1.29, 1.82) is 0 Å². The van der Waals surface area contributed by atoms with E-state index in [0.717, 1.165) is 38.4 Å². The highest BCUT2D eigenvalue weighted by atomic mass is 127. The number of rotatable bonds is 5. The summed E-state index contributed by atoms with van der Waals surface area (Å²) < 4.78 is 23.3. The van der Waals surface area contributed by atoms with E-state index in [1.165, 1.54) is 38.8 Å². The molecule has 26 heavy (non-hydrogen) atoms. The van der Waals surface area contributed by atoms with Gasteiger partial charge in [-0.15, -0.1) is 24.0 Å². The first-order valence-corrected chi connectivity index (χ1v) is 11.9. The van der Waals surface area contributed by atoms with E-state index in [-0.39, 0.29) is 29.9 Å². The second kappa shape index (κ2) is 10.5. The minimum Gasteiger partial charge on any atom is -0.356 e. The summed E-state index contributed by atoms with van der Waals surface area (Å²) in [5, 5.41) is 3.49. The Morgan fingerprint density at radius 3 is 2.58 bits per heavy atom. The quantitative estimate of drug-likeness (QED) is 0.357. The molecule has 3 rings (SSSR count). The SMILES string of the molecule is CCCNC(=NCC1CCS(=O)(=O)C1)N1CCC(N2CCCCC2)C1.I. The molecule has 152 valence electrons. The fourth-order valence-electron chi connectivity index (χ4n) is 4.25. The number of nitrogens with one attached hydrogen (secondary N) is 1. The highest BCUT2D eigenvalue weighted by molar-refractivity contribution is 14.0. The molecule has 0 amide bonds. The van der Waals surface area contributed by atoms with Crippen molar-refractivity contribution in [2.24, 2.45) is 10.9 Å². The zero-order chi connectivity index (χ0) is 17.7. The van der Waals surface area contributed by atoms with Gasteiger partial charge in [0.2, 0.25) is 0 Å². The summed E-state index contributed by atoms with van der Waals surface area (Å²) >= 11 is 0. The third kappa shape index (κ3) is 6.22. The Balaban J connectivity index is 0.00000243. The first kappa shape index (κ1) is 22.2. The lowest BCUT2D eigenvalue weighted by atomic mass is 10.1. The third-order valence-electron chi connectivity index (χ3n) is 5.73. The molecule has 0 saturated carbocycles. The molecule has 3 heterocycles. The molecule has 3 aliphatic heterocycles. The molecular weight excluding hydrogens is 463 g/mol. The maximum absolute atomic E-state index is 11.7. The predicted molar refractivity (Wildman–Crippen MR) is 118 cm³/mol. The zero-order valence-corrected chi connectivity index (χ0v) is 19.2. The maximum Gasteiger partial charge on any atom is 0.193 e. The molecule has 0 aromatic heterocycles. The summed E-state index contributed by atoms with van der Waals surface area (Å²) in [6.45, 7) is 8.32. The van der Waals surface area contributed by atoms with Gasteiger partial charge in [-0.2, -0.15) is 0 Å². The van der Waals surface area contributed by atoms with Crippen molar-refractivity contribution >= 4 is 39.8 Å². The Kier molecular flexibility index (Phi) is 8.93. The van der Waals surface area contributed by atoms with Crippen molar-refractivity contribution in [3.8, 4) is 0 Å². The van der Waals surface area contributed by atoms with E-state index in [1.807, 2.05) is 0 Å². The molecule has 1 N–H and O–H groups in total. The number of piperidine rings is 1. The molecule has 0 aromatic rings. The number of hydrogen-bond acceptors (Lipinski definition) is 4. The Hall–Kier alpha value is -0.0900. The average molecular weight is 498 g/mol. The number of likely N-dealkylation sites (tertiary alicyclic amines) is 2. The second-order valence-corrected chi connectivity index (χ2v) is 10.1. The monoisotopic (exact) mass is 498 g/mol. The lowest BCUT2D eigenvalue weighted by Gasteiger charge is -2.32. The van der Waals surface area contributed by atoms with Crippen molar-refractivity contribution in [2.45, 2.75) is 51.5 Å². The predicted octanol–water partition coefficient (Wildman–Crippen LogP) is 1.95.